The van der Waals surface area contributed by atoms with Gasteiger partial charge in [0.2, 0.25) is 0 Å². The van der Waals surface area contributed by atoms with Crippen LogP contribution in [0.3, 0.4) is 0 Å². The Labute approximate surface area is 114 Å². The molecule has 96 valence electrons. The molecule has 1 aromatic heterocycles. The number of hydrogen-bond donors (Lipinski definition) is 2. The normalized spacial score (nSPS) is 11.2. The van der Waals surface area contributed by atoms with Crippen LogP contribution in [0.4, 0.5) is 4.39 Å². The molecule has 0 atom stereocenters. The summed E-state index contributed by atoms with van der Waals surface area (Å²) in [5, 5.41) is 3.26. The Kier molecular flexibility index (Phi) is 4.14. The molecular weight excluding hydrogens is 297 g/mol. The highest BCUT2D eigenvalue weighted by Crippen LogP contribution is 2.24. The molecule has 2 rings (SSSR count). The van der Waals surface area contributed by atoms with Gasteiger partial charge in [-0.05, 0) is 18.2 Å². The second-order valence-electron chi connectivity index (χ2n) is 4.40. The van der Waals surface area contributed by atoms with Crippen LogP contribution in [0.5, 0.6) is 0 Å². The number of imidazole rings is 1. The van der Waals surface area contributed by atoms with Gasteiger partial charge in [0.15, 0.2) is 0 Å². The highest BCUT2D eigenvalue weighted by Gasteiger charge is 2.09. The van der Waals surface area contributed by atoms with Crippen molar-refractivity contribution < 1.29 is 4.39 Å². The molecule has 0 bridgehead atoms. The number of halogens is 2. The number of H-pyrrole nitrogens is 1. The average molecular weight is 312 g/mol. The number of rotatable bonds is 4. The number of benzene rings is 1. The molecule has 0 unspecified atom stereocenters. The Morgan fingerprint density at radius 2 is 2.22 bits per heavy atom. The minimum absolute atomic E-state index is 0.259. The topological polar surface area (TPSA) is 40.7 Å². The van der Waals surface area contributed by atoms with E-state index in [0.717, 1.165) is 10.3 Å². The monoisotopic (exact) mass is 311 g/mol. The Morgan fingerprint density at radius 3 is 2.94 bits per heavy atom. The molecule has 1 heterocycles. The van der Waals surface area contributed by atoms with Gasteiger partial charge in [0.1, 0.15) is 11.6 Å². The van der Waals surface area contributed by atoms with Crippen molar-refractivity contribution in [2.24, 2.45) is 0 Å². The fourth-order valence-corrected chi connectivity index (χ4v) is 1.95. The van der Waals surface area contributed by atoms with Crippen molar-refractivity contribution in [2.75, 3.05) is 0 Å². The molecule has 0 fully saturated rings. The van der Waals surface area contributed by atoms with Crippen LogP contribution in [-0.4, -0.2) is 16.0 Å². The van der Waals surface area contributed by atoms with Gasteiger partial charge in [-0.2, -0.15) is 0 Å². The Hall–Kier alpha value is -1.20. The van der Waals surface area contributed by atoms with Gasteiger partial charge in [0, 0.05) is 16.1 Å². The Bertz CT molecular complexity index is 537. The summed E-state index contributed by atoms with van der Waals surface area (Å²) in [6.07, 6.45) is 1.65. The number of nitrogens with one attached hydrogen (secondary N) is 2. The van der Waals surface area contributed by atoms with E-state index in [9.17, 15) is 4.39 Å². The molecule has 0 amide bonds. The second-order valence-corrected chi connectivity index (χ2v) is 5.32. The zero-order valence-corrected chi connectivity index (χ0v) is 11.9. The molecule has 2 aromatic rings. The van der Waals surface area contributed by atoms with Gasteiger partial charge in [-0.25, -0.2) is 9.37 Å². The van der Waals surface area contributed by atoms with E-state index in [-0.39, 0.29) is 5.82 Å². The van der Waals surface area contributed by atoms with Crippen LogP contribution >= 0.6 is 15.9 Å². The number of hydrogen-bond acceptors (Lipinski definition) is 2. The van der Waals surface area contributed by atoms with Crippen LogP contribution in [-0.2, 0) is 6.54 Å². The fraction of sp³-hybridized carbons (Fsp3) is 0.308. The Balaban J connectivity index is 2.21. The fourth-order valence-electron chi connectivity index (χ4n) is 1.59. The van der Waals surface area contributed by atoms with Gasteiger partial charge >= 0.3 is 0 Å². The van der Waals surface area contributed by atoms with Crippen molar-refractivity contribution in [3.8, 4) is 11.3 Å². The van der Waals surface area contributed by atoms with Crippen molar-refractivity contribution >= 4 is 15.9 Å². The predicted molar refractivity (Wildman–Crippen MR) is 73.7 cm³/mol. The van der Waals surface area contributed by atoms with Crippen LogP contribution in [0.2, 0.25) is 0 Å². The standard InChI is InChI=1S/C13H15BrFN3/c1-8(2)16-7-13-17-6-12(18-13)10-5-9(14)3-4-11(10)15/h3-6,8,16H,7H2,1-2H3,(H,17,18). The van der Waals surface area contributed by atoms with E-state index in [1.165, 1.54) is 6.07 Å². The van der Waals surface area contributed by atoms with Crippen LogP contribution in [0.1, 0.15) is 19.7 Å². The average Bonchev–Trinajstić information content (AvgIpc) is 2.78. The molecule has 2 N–H and O–H groups in total. The summed E-state index contributed by atoms with van der Waals surface area (Å²) in [4.78, 5) is 7.35. The van der Waals surface area contributed by atoms with Crippen LogP contribution < -0.4 is 5.32 Å². The lowest BCUT2D eigenvalue weighted by atomic mass is 10.1. The molecule has 0 saturated carbocycles. The van der Waals surface area contributed by atoms with Crippen molar-refractivity contribution in [3.63, 3.8) is 0 Å². The van der Waals surface area contributed by atoms with E-state index in [1.54, 1.807) is 18.3 Å². The van der Waals surface area contributed by atoms with Crippen LogP contribution in [0.25, 0.3) is 11.3 Å². The van der Waals surface area contributed by atoms with Gasteiger partial charge in [-0.1, -0.05) is 29.8 Å². The first-order valence-corrected chi connectivity index (χ1v) is 6.58. The molecule has 0 aliphatic rings. The van der Waals surface area contributed by atoms with Gasteiger partial charge < -0.3 is 10.3 Å². The first kappa shape index (κ1) is 13.2. The molecule has 5 heteroatoms. The molecule has 0 radical (unpaired) electrons. The van der Waals surface area contributed by atoms with E-state index in [0.29, 0.717) is 23.8 Å². The van der Waals surface area contributed by atoms with E-state index in [4.69, 9.17) is 0 Å². The van der Waals surface area contributed by atoms with E-state index in [2.05, 4.69) is 45.1 Å². The third kappa shape index (κ3) is 3.17. The predicted octanol–water partition coefficient (Wildman–Crippen LogP) is 3.48. The quantitative estimate of drug-likeness (QED) is 0.907. The van der Waals surface area contributed by atoms with Crippen molar-refractivity contribution in [3.05, 3.63) is 40.5 Å². The lowest BCUT2D eigenvalue weighted by Gasteiger charge is -2.05. The van der Waals surface area contributed by atoms with Gasteiger partial charge in [0.25, 0.3) is 0 Å². The minimum atomic E-state index is -0.259. The smallest absolute Gasteiger partial charge is 0.132 e. The molecule has 0 aliphatic heterocycles. The molecular formula is C13H15BrFN3. The zero-order valence-electron chi connectivity index (χ0n) is 10.3. The molecule has 0 spiro atoms. The molecule has 0 aliphatic carbocycles. The SMILES string of the molecule is CC(C)NCc1ncc(-c2cc(Br)ccc2F)[nH]1. The highest BCUT2D eigenvalue weighted by atomic mass is 79.9. The summed E-state index contributed by atoms with van der Waals surface area (Å²) >= 11 is 3.34. The maximum absolute atomic E-state index is 13.7. The zero-order chi connectivity index (χ0) is 13.1. The number of nitrogens with zero attached hydrogens (tertiary/aromatic N) is 1. The molecule has 3 nitrogen and oxygen atoms in total. The lowest BCUT2D eigenvalue weighted by molar-refractivity contribution is 0.575. The molecule has 18 heavy (non-hydrogen) atoms. The summed E-state index contributed by atoms with van der Waals surface area (Å²) < 4.78 is 14.5. The molecule has 0 saturated heterocycles. The molecule has 1 aromatic carbocycles. The van der Waals surface area contributed by atoms with Crippen LogP contribution in [0, 0.1) is 5.82 Å². The van der Waals surface area contributed by atoms with Gasteiger partial charge in [-0.3, -0.25) is 0 Å². The summed E-state index contributed by atoms with van der Waals surface area (Å²) in [5.74, 6) is 0.545. The van der Waals surface area contributed by atoms with Crippen molar-refractivity contribution in [2.45, 2.75) is 26.4 Å². The third-order valence-corrected chi connectivity index (χ3v) is 3.02. The first-order valence-electron chi connectivity index (χ1n) is 5.79. The Morgan fingerprint density at radius 1 is 1.44 bits per heavy atom. The largest absolute Gasteiger partial charge is 0.341 e. The third-order valence-electron chi connectivity index (χ3n) is 2.52. The minimum Gasteiger partial charge on any atom is -0.341 e. The maximum atomic E-state index is 13.7. The summed E-state index contributed by atoms with van der Waals surface area (Å²) in [6.45, 7) is 4.78. The summed E-state index contributed by atoms with van der Waals surface area (Å²) in [6, 6.07) is 5.24. The summed E-state index contributed by atoms with van der Waals surface area (Å²) in [7, 11) is 0. The lowest BCUT2D eigenvalue weighted by Crippen LogP contribution is -2.22. The highest BCUT2D eigenvalue weighted by molar-refractivity contribution is 9.10. The van der Waals surface area contributed by atoms with E-state index in [1.807, 2.05) is 0 Å². The van der Waals surface area contributed by atoms with Gasteiger partial charge in [-0.15, -0.1) is 0 Å². The van der Waals surface area contributed by atoms with Crippen LogP contribution in [0.15, 0.2) is 28.9 Å². The number of aromatic nitrogens is 2. The summed E-state index contributed by atoms with van der Waals surface area (Å²) in [5.41, 5.74) is 1.21. The second kappa shape index (κ2) is 5.63. The van der Waals surface area contributed by atoms with Gasteiger partial charge in [0.05, 0.1) is 18.4 Å². The number of aromatic amines is 1. The first-order chi connectivity index (χ1) is 8.56. The van der Waals surface area contributed by atoms with Crippen molar-refractivity contribution in [1.82, 2.24) is 15.3 Å². The van der Waals surface area contributed by atoms with E-state index < -0.39 is 0 Å². The van der Waals surface area contributed by atoms with Crippen molar-refractivity contribution in [1.29, 1.82) is 0 Å². The van der Waals surface area contributed by atoms with E-state index >= 15 is 0 Å². The maximum Gasteiger partial charge on any atom is 0.132 e.